The fraction of sp³-hybridized carbons (Fsp3) is 0.0435. The first kappa shape index (κ1) is 23.6. The highest BCUT2D eigenvalue weighted by Crippen LogP contribution is 2.36. The Labute approximate surface area is 210 Å². The van der Waals surface area contributed by atoms with Gasteiger partial charge in [-0.25, -0.2) is 0 Å². The van der Waals surface area contributed by atoms with Crippen LogP contribution in [-0.4, -0.2) is 5.91 Å². The molecule has 0 unspecified atom stereocenters. The zero-order chi connectivity index (χ0) is 22.4. The molecule has 0 fully saturated rings. The molecule has 4 nitrogen and oxygen atoms in total. The SMILES string of the molecule is N#C/C(=C/c1cc(Br)c(OCc2ccc(Br)cc2)c(Br)c1)C(=O)Nc1ccc(Cl)cc1. The lowest BCUT2D eigenvalue weighted by Gasteiger charge is -2.12. The van der Waals surface area contributed by atoms with Crippen LogP contribution in [0.25, 0.3) is 6.08 Å². The average molecular weight is 626 g/mol. The Kier molecular flexibility index (Phi) is 8.33. The van der Waals surface area contributed by atoms with Crippen molar-refractivity contribution < 1.29 is 9.53 Å². The summed E-state index contributed by atoms with van der Waals surface area (Å²) in [6.45, 7) is 0.395. The van der Waals surface area contributed by atoms with Crippen molar-refractivity contribution in [3.63, 3.8) is 0 Å². The molecular formula is C23H14Br3ClN2O2. The summed E-state index contributed by atoms with van der Waals surface area (Å²) in [5.41, 5.74) is 2.21. The number of benzene rings is 3. The lowest BCUT2D eigenvalue weighted by atomic mass is 10.1. The maximum absolute atomic E-state index is 12.5. The smallest absolute Gasteiger partial charge is 0.266 e. The molecule has 0 aromatic heterocycles. The maximum atomic E-state index is 12.5. The van der Waals surface area contributed by atoms with Gasteiger partial charge in [-0.05, 0) is 97.6 Å². The molecule has 3 rings (SSSR count). The quantitative estimate of drug-likeness (QED) is 0.225. The number of carbonyl (C=O) groups excluding carboxylic acids is 1. The van der Waals surface area contributed by atoms with Crippen molar-refractivity contribution in [2.24, 2.45) is 0 Å². The molecule has 0 saturated heterocycles. The van der Waals surface area contributed by atoms with E-state index in [1.165, 1.54) is 6.08 Å². The standard InChI is InChI=1S/C23H14Br3ClN2O2/c24-17-3-1-14(2-4-17)13-31-22-20(25)10-15(11-21(22)26)9-16(12-28)23(30)29-19-7-5-18(27)6-8-19/h1-11H,13H2,(H,29,30)/b16-9-. The third-order valence-electron chi connectivity index (χ3n) is 4.10. The first-order valence-electron chi connectivity index (χ1n) is 8.90. The van der Waals surface area contributed by atoms with E-state index in [2.05, 4.69) is 53.1 Å². The lowest BCUT2D eigenvalue weighted by molar-refractivity contribution is -0.112. The molecule has 0 atom stereocenters. The van der Waals surface area contributed by atoms with E-state index in [9.17, 15) is 10.1 Å². The number of carbonyl (C=O) groups is 1. The minimum Gasteiger partial charge on any atom is -0.487 e. The molecule has 3 aromatic rings. The average Bonchev–Trinajstić information content (AvgIpc) is 2.74. The minimum absolute atomic E-state index is 0.0303. The van der Waals surface area contributed by atoms with Crippen LogP contribution in [0.2, 0.25) is 5.02 Å². The Balaban J connectivity index is 1.76. The van der Waals surface area contributed by atoms with Crippen molar-refractivity contribution >= 4 is 77.1 Å². The van der Waals surface area contributed by atoms with Crippen molar-refractivity contribution in [1.82, 2.24) is 0 Å². The number of ether oxygens (including phenoxy) is 1. The van der Waals surface area contributed by atoms with Crippen LogP contribution in [0.15, 0.2) is 79.7 Å². The summed E-state index contributed by atoms with van der Waals surface area (Å²) in [5, 5.41) is 12.7. The van der Waals surface area contributed by atoms with E-state index in [0.717, 1.165) is 10.0 Å². The van der Waals surface area contributed by atoms with Gasteiger partial charge in [0.1, 0.15) is 24.0 Å². The molecule has 156 valence electrons. The van der Waals surface area contributed by atoms with Gasteiger partial charge in [-0.15, -0.1) is 0 Å². The molecule has 0 heterocycles. The second-order valence-electron chi connectivity index (χ2n) is 6.36. The fourth-order valence-corrected chi connectivity index (χ4v) is 4.42. The van der Waals surface area contributed by atoms with E-state index in [4.69, 9.17) is 16.3 Å². The Morgan fingerprint density at radius 3 is 2.23 bits per heavy atom. The van der Waals surface area contributed by atoms with Gasteiger partial charge in [0.05, 0.1) is 8.95 Å². The number of nitrogens with zero attached hydrogens (tertiary/aromatic N) is 1. The summed E-state index contributed by atoms with van der Waals surface area (Å²) in [5.74, 6) is 0.122. The summed E-state index contributed by atoms with van der Waals surface area (Å²) in [7, 11) is 0. The maximum Gasteiger partial charge on any atom is 0.266 e. The molecule has 0 aliphatic rings. The number of rotatable bonds is 6. The van der Waals surface area contributed by atoms with E-state index in [-0.39, 0.29) is 5.57 Å². The highest BCUT2D eigenvalue weighted by molar-refractivity contribution is 9.11. The second kappa shape index (κ2) is 11.0. The van der Waals surface area contributed by atoms with Crippen molar-refractivity contribution in [3.8, 4) is 11.8 Å². The first-order chi connectivity index (χ1) is 14.9. The van der Waals surface area contributed by atoms with Gasteiger partial charge in [-0.1, -0.05) is 39.7 Å². The molecule has 0 saturated carbocycles. The molecule has 0 aliphatic heterocycles. The number of nitriles is 1. The van der Waals surface area contributed by atoms with Crippen molar-refractivity contribution in [3.05, 3.63) is 95.8 Å². The highest BCUT2D eigenvalue weighted by Gasteiger charge is 2.13. The van der Waals surface area contributed by atoms with E-state index < -0.39 is 5.91 Å². The van der Waals surface area contributed by atoms with Crippen LogP contribution in [0.3, 0.4) is 0 Å². The van der Waals surface area contributed by atoms with Gasteiger partial charge < -0.3 is 10.1 Å². The predicted octanol–water partition coefficient (Wildman–Crippen LogP) is 7.75. The molecule has 8 heteroatoms. The van der Waals surface area contributed by atoms with Gasteiger partial charge in [0.25, 0.3) is 5.91 Å². The summed E-state index contributed by atoms with van der Waals surface area (Å²) in [6, 6.07) is 20.0. The monoisotopic (exact) mass is 622 g/mol. The van der Waals surface area contributed by atoms with Crippen LogP contribution in [-0.2, 0) is 11.4 Å². The Hall–Kier alpha value is -2.11. The molecule has 0 radical (unpaired) electrons. The first-order valence-corrected chi connectivity index (χ1v) is 11.7. The van der Waals surface area contributed by atoms with Crippen LogP contribution in [0.1, 0.15) is 11.1 Å². The predicted molar refractivity (Wildman–Crippen MR) is 134 cm³/mol. The van der Waals surface area contributed by atoms with Crippen LogP contribution in [0.5, 0.6) is 5.75 Å². The molecule has 0 aliphatic carbocycles. The largest absolute Gasteiger partial charge is 0.487 e. The van der Waals surface area contributed by atoms with Crippen molar-refractivity contribution in [2.75, 3.05) is 5.32 Å². The van der Waals surface area contributed by atoms with Gasteiger partial charge in [-0.2, -0.15) is 5.26 Å². The van der Waals surface area contributed by atoms with Gasteiger partial charge >= 0.3 is 0 Å². The summed E-state index contributed by atoms with van der Waals surface area (Å²) in [6.07, 6.45) is 1.51. The van der Waals surface area contributed by atoms with E-state index in [1.54, 1.807) is 36.4 Å². The van der Waals surface area contributed by atoms with Gasteiger partial charge in [0.15, 0.2) is 0 Å². The van der Waals surface area contributed by atoms with Crippen LogP contribution >= 0.6 is 59.4 Å². The lowest BCUT2D eigenvalue weighted by Crippen LogP contribution is -2.13. The van der Waals surface area contributed by atoms with E-state index in [1.807, 2.05) is 30.3 Å². The number of amides is 1. The van der Waals surface area contributed by atoms with Gasteiger partial charge in [0, 0.05) is 15.2 Å². The molecule has 1 N–H and O–H groups in total. The molecule has 31 heavy (non-hydrogen) atoms. The minimum atomic E-state index is -0.507. The van der Waals surface area contributed by atoms with Crippen molar-refractivity contribution in [2.45, 2.75) is 6.61 Å². The number of hydrogen-bond donors (Lipinski definition) is 1. The molecular weight excluding hydrogens is 611 g/mol. The molecule has 3 aromatic carbocycles. The van der Waals surface area contributed by atoms with Crippen LogP contribution in [0, 0.1) is 11.3 Å². The number of anilines is 1. The topological polar surface area (TPSA) is 62.1 Å². The molecule has 0 spiro atoms. The van der Waals surface area contributed by atoms with Crippen LogP contribution < -0.4 is 10.1 Å². The van der Waals surface area contributed by atoms with Gasteiger partial charge in [0.2, 0.25) is 0 Å². The molecule has 0 bridgehead atoms. The third-order valence-corrected chi connectivity index (χ3v) is 6.05. The summed E-state index contributed by atoms with van der Waals surface area (Å²) in [4.78, 5) is 12.5. The Bertz CT molecular complexity index is 1150. The molecule has 1 amide bonds. The summed E-state index contributed by atoms with van der Waals surface area (Å²) >= 11 is 16.3. The van der Waals surface area contributed by atoms with E-state index in [0.29, 0.717) is 37.6 Å². The zero-order valence-electron chi connectivity index (χ0n) is 15.8. The Morgan fingerprint density at radius 1 is 1.03 bits per heavy atom. The second-order valence-corrected chi connectivity index (χ2v) is 9.42. The number of nitrogens with one attached hydrogen (secondary N) is 1. The zero-order valence-corrected chi connectivity index (χ0v) is 21.3. The van der Waals surface area contributed by atoms with Gasteiger partial charge in [-0.3, -0.25) is 4.79 Å². The normalized spacial score (nSPS) is 11.0. The highest BCUT2D eigenvalue weighted by atomic mass is 79.9. The van der Waals surface area contributed by atoms with Crippen molar-refractivity contribution in [1.29, 1.82) is 5.26 Å². The number of halogens is 4. The number of hydrogen-bond acceptors (Lipinski definition) is 3. The van der Waals surface area contributed by atoms with E-state index >= 15 is 0 Å². The fourth-order valence-electron chi connectivity index (χ4n) is 2.58. The Morgan fingerprint density at radius 2 is 1.65 bits per heavy atom. The third kappa shape index (κ3) is 6.68. The summed E-state index contributed by atoms with van der Waals surface area (Å²) < 4.78 is 8.32. The van der Waals surface area contributed by atoms with Crippen LogP contribution in [0.4, 0.5) is 5.69 Å².